The van der Waals surface area contributed by atoms with Crippen LogP contribution in [0.2, 0.25) is 5.02 Å². The molecule has 0 bridgehead atoms. The number of primary amides is 1. The molecule has 94 valence electrons. The molecule has 0 saturated heterocycles. The smallest absolute Gasteiger partial charge is 0.224 e. The molecule has 1 unspecified atom stereocenters. The fourth-order valence-electron chi connectivity index (χ4n) is 2.46. The minimum Gasteiger partial charge on any atom is -0.369 e. The number of hydrogen-bond acceptors (Lipinski definition) is 1. The fraction of sp³-hybridized carbons (Fsp3) is 0.400. The second-order valence-electron chi connectivity index (χ2n) is 4.39. The Kier molecular flexibility index (Phi) is 1.43. The van der Waals surface area contributed by atoms with Crippen molar-refractivity contribution in [2.75, 3.05) is 0 Å². The molecule has 0 spiro atoms. The molecular formula is C15H16ClNO. The van der Waals surface area contributed by atoms with Gasteiger partial charge in [-0.3, -0.25) is 4.79 Å². The molecule has 2 nitrogen and oxygen atoms in total. The number of nitrogens with two attached hydrogens (primary N) is 1. The van der Waals surface area contributed by atoms with E-state index in [1.807, 2.05) is 0 Å². The Balaban J connectivity index is 2.46. The van der Waals surface area contributed by atoms with E-state index in [1.54, 1.807) is 13.0 Å². The standard InChI is InChI=1S/C15H16ClNO/c1-8-5-9(16)6-13-10-3-2-4-11(15(17)18)14(10)7-12(8)13/h5-6,11H,2-4,7H2,1H3,(H2,17,18)/i2D2,3D2,4D2,11D. The monoisotopic (exact) mass is 268 g/mol. The van der Waals surface area contributed by atoms with E-state index in [-0.39, 0.29) is 17.6 Å². The average molecular weight is 269 g/mol. The Labute approximate surface area is 122 Å². The third-order valence-electron chi connectivity index (χ3n) is 3.29. The zero-order chi connectivity index (χ0) is 19.2. The van der Waals surface area contributed by atoms with Crippen LogP contribution >= 0.6 is 11.6 Å². The minimum absolute atomic E-state index is 0.0464. The number of amides is 1. The summed E-state index contributed by atoms with van der Waals surface area (Å²) in [7, 11) is 0. The number of aryl methyl sites for hydroxylation is 1. The molecule has 3 heteroatoms. The first-order valence-electron chi connectivity index (χ1n) is 9.04. The molecule has 2 aliphatic carbocycles. The molecule has 3 rings (SSSR count). The Morgan fingerprint density at radius 1 is 1.61 bits per heavy atom. The summed E-state index contributed by atoms with van der Waals surface area (Å²) >= 11 is 6.06. The number of rotatable bonds is 1. The third kappa shape index (κ3) is 1.67. The number of allylic oxidation sites excluding steroid dienone is 1. The van der Waals surface area contributed by atoms with Crippen LogP contribution in [0.3, 0.4) is 0 Å². The van der Waals surface area contributed by atoms with Crippen molar-refractivity contribution in [2.45, 2.75) is 32.5 Å². The summed E-state index contributed by atoms with van der Waals surface area (Å²) in [6.45, 7) is 1.73. The first kappa shape index (κ1) is 6.25. The molecule has 2 N–H and O–H groups in total. The maximum Gasteiger partial charge on any atom is 0.224 e. The quantitative estimate of drug-likeness (QED) is 0.835. The molecule has 0 heterocycles. The predicted molar refractivity (Wildman–Crippen MR) is 73.3 cm³/mol. The minimum atomic E-state index is -3.16. The zero-order valence-electron chi connectivity index (χ0n) is 16.7. The van der Waals surface area contributed by atoms with Gasteiger partial charge >= 0.3 is 0 Å². The van der Waals surface area contributed by atoms with E-state index in [1.165, 1.54) is 6.07 Å². The Morgan fingerprint density at radius 2 is 2.39 bits per heavy atom. The zero-order valence-corrected chi connectivity index (χ0v) is 10.5. The maximum atomic E-state index is 12.1. The number of halogens is 1. The molecule has 0 fully saturated rings. The largest absolute Gasteiger partial charge is 0.369 e. The summed E-state index contributed by atoms with van der Waals surface area (Å²) < 4.78 is 57.6. The molecule has 1 aromatic carbocycles. The van der Waals surface area contributed by atoms with Crippen molar-refractivity contribution in [2.24, 2.45) is 11.6 Å². The second-order valence-corrected chi connectivity index (χ2v) is 4.83. The summed E-state index contributed by atoms with van der Waals surface area (Å²) in [5.74, 6) is -4.07. The van der Waals surface area contributed by atoms with Crippen LogP contribution in [0.1, 0.15) is 45.4 Å². The molecule has 1 atom stereocenters. The van der Waals surface area contributed by atoms with Crippen LogP contribution < -0.4 is 5.73 Å². The molecule has 18 heavy (non-hydrogen) atoms. The van der Waals surface area contributed by atoms with Crippen molar-refractivity contribution in [3.8, 4) is 0 Å². The first-order valence-corrected chi connectivity index (χ1v) is 5.92. The number of fused-ring (bicyclic) bond motifs is 2. The van der Waals surface area contributed by atoms with Gasteiger partial charge in [0.25, 0.3) is 0 Å². The Morgan fingerprint density at radius 3 is 3.11 bits per heavy atom. The van der Waals surface area contributed by atoms with Gasteiger partial charge in [-0.15, -0.1) is 0 Å². The van der Waals surface area contributed by atoms with E-state index in [0.717, 1.165) is 0 Å². The van der Waals surface area contributed by atoms with Gasteiger partial charge in [0.2, 0.25) is 5.91 Å². The highest BCUT2D eigenvalue weighted by Gasteiger charge is 2.33. The first-order chi connectivity index (χ1) is 11.2. The summed E-state index contributed by atoms with van der Waals surface area (Å²) in [5.41, 5.74) is 6.61. The van der Waals surface area contributed by atoms with Gasteiger partial charge in [0, 0.05) is 14.6 Å². The normalized spacial score (nSPS) is 40.0. The number of hydrogen-bond donors (Lipinski definition) is 1. The van der Waals surface area contributed by atoms with Crippen molar-refractivity contribution in [1.29, 1.82) is 0 Å². The molecule has 0 aromatic heterocycles. The van der Waals surface area contributed by atoms with Crippen molar-refractivity contribution in [3.63, 3.8) is 0 Å². The van der Waals surface area contributed by atoms with Gasteiger partial charge in [0.15, 0.2) is 0 Å². The second kappa shape index (κ2) is 4.13. The highest BCUT2D eigenvalue weighted by Crippen LogP contribution is 2.45. The molecular weight excluding hydrogens is 246 g/mol. The highest BCUT2D eigenvalue weighted by molar-refractivity contribution is 6.30. The fourth-order valence-corrected chi connectivity index (χ4v) is 2.73. The van der Waals surface area contributed by atoms with E-state index >= 15 is 0 Å². The molecule has 1 aromatic rings. The molecule has 1 amide bonds. The summed E-state index contributed by atoms with van der Waals surface area (Å²) in [6.07, 6.45) is -9.13. The van der Waals surface area contributed by atoms with Crippen LogP contribution in [0.4, 0.5) is 0 Å². The molecule has 0 radical (unpaired) electrons. The molecule has 0 aliphatic heterocycles. The SMILES string of the molecule is [2H]C1([2H])C2=C(Cc3c(C)cc(Cl)cc32)C([2H])(C(N)=O)C([2H])([2H])C1([2H])[2H]. The number of carbonyl (C=O) groups excluding carboxylic acids is 1. The lowest BCUT2D eigenvalue weighted by Crippen LogP contribution is -2.27. The topological polar surface area (TPSA) is 43.1 Å². The van der Waals surface area contributed by atoms with Crippen LogP contribution in [-0.2, 0) is 11.2 Å². The van der Waals surface area contributed by atoms with E-state index in [2.05, 4.69) is 0 Å². The van der Waals surface area contributed by atoms with Gasteiger partial charge in [-0.2, -0.15) is 0 Å². The van der Waals surface area contributed by atoms with E-state index in [0.29, 0.717) is 21.7 Å². The van der Waals surface area contributed by atoms with Crippen LogP contribution in [-0.4, -0.2) is 5.91 Å². The lowest BCUT2D eigenvalue weighted by Gasteiger charge is -2.22. The molecule has 0 saturated carbocycles. The van der Waals surface area contributed by atoms with Gasteiger partial charge in [0.05, 0.1) is 5.89 Å². The number of benzene rings is 1. The van der Waals surface area contributed by atoms with Crippen molar-refractivity contribution >= 4 is 23.1 Å². The van der Waals surface area contributed by atoms with E-state index in [4.69, 9.17) is 26.9 Å². The predicted octanol–water partition coefficient (Wildman–Crippen LogP) is 3.24. The van der Waals surface area contributed by atoms with E-state index in [9.17, 15) is 4.79 Å². The maximum absolute atomic E-state index is 12.1. The Bertz CT molecular complexity index is 849. The van der Waals surface area contributed by atoms with Gasteiger partial charge in [-0.1, -0.05) is 11.6 Å². The van der Waals surface area contributed by atoms with E-state index < -0.39 is 30.9 Å². The van der Waals surface area contributed by atoms with Gasteiger partial charge in [-0.25, -0.2) is 0 Å². The van der Waals surface area contributed by atoms with Crippen molar-refractivity contribution < 1.29 is 14.4 Å². The van der Waals surface area contributed by atoms with Crippen LogP contribution in [0.15, 0.2) is 17.7 Å². The molecule has 2 aliphatic rings. The summed E-state index contributed by atoms with van der Waals surface area (Å²) in [4.78, 5) is 12.1. The summed E-state index contributed by atoms with van der Waals surface area (Å²) in [5, 5.41) is 0.310. The Hall–Kier alpha value is -1.28. The van der Waals surface area contributed by atoms with Gasteiger partial charge < -0.3 is 5.73 Å². The van der Waals surface area contributed by atoms with Crippen LogP contribution in [0.25, 0.3) is 5.57 Å². The van der Waals surface area contributed by atoms with Crippen LogP contribution in [0, 0.1) is 12.8 Å². The lowest BCUT2D eigenvalue weighted by molar-refractivity contribution is -0.121. The lowest BCUT2D eigenvalue weighted by atomic mass is 9.82. The number of carbonyl (C=O) groups is 1. The van der Waals surface area contributed by atoms with Gasteiger partial charge in [0.1, 0.15) is 0 Å². The third-order valence-corrected chi connectivity index (χ3v) is 3.50. The highest BCUT2D eigenvalue weighted by atomic mass is 35.5. The van der Waals surface area contributed by atoms with Crippen molar-refractivity contribution in [1.82, 2.24) is 0 Å². The van der Waals surface area contributed by atoms with Crippen LogP contribution in [0.5, 0.6) is 0 Å². The van der Waals surface area contributed by atoms with Crippen molar-refractivity contribution in [3.05, 3.63) is 39.4 Å². The van der Waals surface area contributed by atoms with Gasteiger partial charge in [-0.05, 0) is 72.4 Å². The average Bonchev–Trinajstić information content (AvgIpc) is 2.84. The summed E-state index contributed by atoms with van der Waals surface area (Å²) in [6, 6.07) is 3.11.